The van der Waals surface area contributed by atoms with Gasteiger partial charge in [-0.15, -0.1) is 0 Å². The molecule has 0 aromatic heterocycles. The minimum Gasteiger partial charge on any atom is -0.356 e. The predicted octanol–water partition coefficient (Wildman–Crippen LogP) is 6.98. The largest absolute Gasteiger partial charge is 0.356 e. The molecule has 3 nitrogen and oxygen atoms in total. The van der Waals surface area contributed by atoms with E-state index in [0.717, 1.165) is 19.3 Å². The van der Waals surface area contributed by atoms with Crippen molar-refractivity contribution in [2.75, 3.05) is 6.54 Å². The Kier molecular flexibility index (Phi) is 16.7. The summed E-state index contributed by atoms with van der Waals surface area (Å²) >= 11 is 0. The third-order valence-corrected chi connectivity index (χ3v) is 5.25. The van der Waals surface area contributed by atoms with Crippen LogP contribution in [0.3, 0.4) is 0 Å². The van der Waals surface area contributed by atoms with Crippen LogP contribution in [0.2, 0.25) is 0 Å². The van der Waals surface area contributed by atoms with Gasteiger partial charge in [0, 0.05) is 24.8 Å². The molecule has 160 valence electrons. The summed E-state index contributed by atoms with van der Waals surface area (Å²) in [7, 11) is 0. The first kappa shape index (κ1) is 26.1. The predicted molar refractivity (Wildman–Crippen MR) is 117 cm³/mol. The highest BCUT2D eigenvalue weighted by Crippen LogP contribution is 2.17. The second-order valence-corrected chi connectivity index (χ2v) is 9.12. The topological polar surface area (TPSA) is 46.2 Å². The van der Waals surface area contributed by atoms with Gasteiger partial charge in [-0.25, -0.2) is 0 Å². The van der Waals surface area contributed by atoms with Crippen molar-refractivity contribution in [2.24, 2.45) is 5.41 Å². The maximum Gasteiger partial charge on any atom is 0.219 e. The Morgan fingerprint density at radius 2 is 1.07 bits per heavy atom. The van der Waals surface area contributed by atoms with Gasteiger partial charge < -0.3 is 5.32 Å². The zero-order chi connectivity index (χ0) is 20.4. The highest BCUT2D eigenvalue weighted by Gasteiger charge is 2.20. The fourth-order valence-corrected chi connectivity index (χ4v) is 3.24. The Labute approximate surface area is 169 Å². The molecule has 0 saturated carbocycles. The van der Waals surface area contributed by atoms with Gasteiger partial charge in [0.05, 0.1) is 0 Å². The molecule has 27 heavy (non-hydrogen) atoms. The van der Waals surface area contributed by atoms with Crippen LogP contribution in [0.5, 0.6) is 0 Å². The molecular weight excluding hydrogens is 334 g/mol. The van der Waals surface area contributed by atoms with E-state index in [4.69, 9.17) is 0 Å². The van der Waals surface area contributed by atoms with E-state index >= 15 is 0 Å². The number of carbonyl (C=O) groups is 2. The number of nitrogens with one attached hydrogen (secondary N) is 1. The first-order chi connectivity index (χ1) is 12.9. The van der Waals surface area contributed by atoms with Gasteiger partial charge in [-0.1, -0.05) is 105 Å². The summed E-state index contributed by atoms with van der Waals surface area (Å²) in [6.07, 6.45) is 19.2. The molecule has 0 saturated heterocycles. The number of hydrogen-bond donors (Lipinski definition) is 1. The fraction of sp³-hybridized carbons (Fsp3) is 0.917. The SMILES string of the molecule is CCCCCCCCCCCCCCCC(=O)NCCCC(=O)C(C)(C)C. The van der Waals surface area contributed by atoms with Crippen LogP contribution in [0.15, 0.2) is 0 Å². The van der Waals surface area contributed by atoms with Crippen LogP contribution in [-0.4, -0.2) is 18.2 Å². The smallest absolute Gasteiger partial charge is 0.219 e. The summed E-state index contributed by atoms with van der Waals surface area (Å²) in [5, 5.41) is 2.94. The molecule has 0 atom stereocenters. The van der Waals surface area contributed by atoms with Gasteiger partial charge in [0.1, 0.15) is 5.78 Å². The molecule has 1 amide bonds. The summed E-state index contributed by atoms with van der Waals surface area (Å²) in [6.45, 7) is 8.73. The Hall–Kier alpha value is -0.860. The zero-order valence-corrected chi connectivity index (χ0v) is 18.8. The first-order valence-electron chi connectivity index (χ1n) is 11.7. The van der Waals surface area contributed by atoms with Crippen molar-refractivity contribution >= 4 is 11.7 Å². The molecule has 0 radical (unpaired) electrons. The van der Waals surface area contributed by atoms with Crippen LogP contribution in [0.1, 0.15) is 130 Å². The minimum atomic E-state index is -0.265. The van der Waals surface area contributed by atoms with Gasteiger partial charge in [0.15, 0.2) is 0 Å². The molecule has 0 aromatic carbocycles. The third-order valence-electron chi connectivity index (χ3n) is 5.25. The van der Waals surface area contributed by atoms with Gasteiger partial charge in [0.25, 0.3) is 0 Å². The van der Waals surface area contributed by atoms with Crippen molar-refractivity contribution < 1.29 is 9.59 Å². The number of Topliss-reactive ketones (excluding diaryl/α,β-unsaturated/α-hetero) is 1. The molecule has 3 heteroatoms. The summed E-state index contributed by atoms with van der Waals surface area (Å²) in [6, 6.07) is 0. The molecule has 0 heterocycles. The Bertz CT molecular complexity index is 371. The molecule has 1 N–H and O–H groups in total. The number of hydrogen-bond acceptors (Lipinski definition) is 2. The van der Waals surface area contributed by atoms with Gasteiger partial charge in [-0.05, 0) is 12.8 Å². The molecule has 0 unspecified atom stereocenters. The lowest BCUT2D eigenvalue weighted by molar-refractivity contribution is -0.126. The molecule has 0 aliphatic rings. The number of rotatable bonds is 18. The van der Waals surface area contributed by atoms with Crippen LogP contribution >= 0.6 is 0 Å². The highest BCUT2D eigenvalue weighted by molar-refractivity contribution is 5.83. The second-order valence-electron chi connectivity index (χ2n) is 9.12. The lowest BCUT2D eigenvalue weighted by Gasteiger charge is -2.16. The molecule has 0 fully saturated rings. The lowest BCUT2D eigenvalue weighted by Crippen LogP contribution is -2.26. The van der Waals surface area contributed by atoms with E-state index in [1.807, 2.05) is 20.8 Å². The molecular formula is C24H47NO2. The maximum absolute atomic E-state index is 11.8. The number of amides is 1. The molecule has 0 aromatic rings. The average Bonchev–Trinajstić information content (AvgIpc) is 2.61. The summed E-state index contributed by atoms with van der Waals surface area (Å²) in [4.78, 5) is 23.6. The second kappa shape index (κ2) is 17.3. The van der Waals surface area contributed by atoms with Crippen molar-refractivity contribution in [1.82, 2.24) is 5.32 Å². The zero-order valence-electron chi connectivity index (χ0n) is 18.8. The van der Waals surface area contributed by atoms with Gasteiger partial charge >= 0.3 is 0 Å². The molecule has 0 aliphatic heterocycles. The van der Waals surface area contributed by atoms with Crippen molar-refractivity contribution in [2.45, 2.75) is 130 Å². The molecule has 0 aliphatic carbocycles. The molecule has 0 spiro atoms. The summed E-state index contributed by atoms with van der Waals surface area (Å²) < 4.78 is 0. The highest BCUT2D eigenvalue weighted by atomic mass is 16.1. The fourth-order valence-electron chi connectivity index (χ4n) is 3.24. The minimum absolute atomic E-state index is 0.140. The van der Waals surface area contributed by atoms with E-state index in [1.165, 1.54) is 70.6 Å². The quantitative estimate of drug-likeness (QED) is 0.260. The van der Waals surface area contributed by atoms with E-state index in [2.05, 4.69) is 12.2 Å². The van der Waals surface area contributed by atoms with E-state index in [9.17, 15) is 9.59 Å². The van der Waals surface area contributed by atoms with E-state index in [-0.39, 0.29) is 17.1 Å². The van der Waals surface area contributed by atoms with Crippen molar-refractivity contribution in [3.63, 3.8) is 0 Å². The first-order valence-corrected chi connectivity index (χ1v) is 11.7. The van der Waals surface area contributed by atoms with Crippen molar-refractivity contribution in [3.8, 4) is 0 Å². The Morgan fingerprint density at radius 1 is 0.630 bits per heavy atom. The van der Waals surface area contributed by atoms with Gasteiger partial charge in [0.2, 0.25) is 5.91 Å². The monoisotopic (exact) mass is 381 g/mol. The summed E-state index contributed by atoms with van der Waals surface area (Å²) in [5.74, 6) is 0.412. The third kappa shape index (κ3) is 18.3. The average molecular weight is 382 g/mol. The number of unbranched alkanes of at least 4 members (excludes halogenated alkanes) is 12. The molecule has 0 rings (SSSR count). The Balaban J connectivity index is 3.29. The van der Waals surface area contributed by atoms with Gasteiger partial charge in [-0.2, -0.15) is 0 Å². The van der Waals surface area contributed by atoms with Crippen LogP contribution in [-0.2, 0) is 9.59 Å². The van der Waals surface area contributed by atoms with Crippen molar-refractivity contribution in [3.05, 3.63) is 0 Å². The lowest BCUT2D eigenvalue weighted by atomic mass is 9.88. The van der Waals surface area contributed by atoms with Crippen LogP contribution < -0.4 is 5.32 Å². The standard InChI is InChI=1S/C24H47NO2/c1-5-6-7-8-9-10-11-12-13-14-15-16-17-20-23(27)25-21-18-19-22(26)24(2,3)4/h5-21H2,1-4H3,(H,25,27). The summed E-state index contributed by atoms with van der Waals surface area (Å²) in [5.41, 5.74) is -0.265. The van der Waals surface area contributed by atoms with Crippen LogP contribution in [0.4, 0.5) is 0 Å². The van der Waals surface area contributed by atoms with Crippen LogP contribution in [0, 0.1) is 5.41 Å². The van der Waals surface area contributed by atoms with E-state index in [0.29, 0.717) is 19.4 Å². The normalized spacial score (nSPS) is 11.6. The van der Waals surface area contributed by atoms with Crippen LogP contribution in [0.25, 0.3) is 0 Å². The van der Waals surface area contributed by atoms with E-state index in [1.54, 1.807) is 0 Å². The number of ketones is 1. The van der Waals surface area contributed by atoms with Crippen molar-refractivity contribution in [1.29, 1.82) is 0 Å². The maximum atomic E-state index is 11.8. The molecule has 0 bridgehead atoms. The Morgan fingerprint density at radius 3 is 1.52 bits per heavy atom. The van der Waals surface area contributed by atoms with E-state index < -0.39 is 0 Å². The number of carbonyl (C=O) groups excluding carboxylic acids is 2. The van der Waals surface area contributed by atoms with Gasteiger partial charge in [-0.3, -0.25) is 9.59 Å².